The molecule has 1 aromatic rings. The molecule has 0 saturated carbocycles. The zero-order valence-electron chi connectivity index (χ0n) is 6.18. The smallest absolute Gasteiger partial charge is 0.269 e. The van der Waals surface area contributed by atoms with E-state index in [1.54, 1.807) is 22.6 Å². The Morgan fingerprint density at radius 2 is 2.15 bits per heavy atom. The van der Waals surface area contributed by atoms with E-state index in [9.17, 15) is 18.4 Å². The average molecular weight is 299 g/mol. The number of hydrogen-bond donors (Lipinski definition) is 1. The summed E-state index contributed by atoms with van der Waals surface area (Å²) >= 11 is 1.74. The van der Waals surface area contributed by atoms with Gasteiger partial charge in [-0.2, -0.15) is 0 Å². The van der Waals surface area contributed by atoms with Gasteiger partial charge in [-0.3, -0.25) is 9.59 Å². The number of aldehydes is 1. The summed E-state index contributed by atoms with van der Waals surface area (Å²) in [6.07, 6.45) is -2.72. The normalized spacial score (nSPS) is 10.5. The van der Waals surface area contributed by atoms with Crippen molar-refractivity contribution in [2.45, 2.75) is 6.43 Å². The SMILES string of the molecule is O=Cc1[nH]c(I)cc(=O)c1C(F)F. The Labute approximate surface area is 85.3 Å². The molecular formula is C7H4F2INO2. The van der Waals surface area contributed by atoms with Gasteiger partial charge < -0.3 is 4.98 Å². The van der Waals surface area contributed by atoms with Crippen molar-refractivity contribution < 1.29 is 13.6 Å². The third-order valence-corrected chi connectivity index (χ3v) is 1.98. The first-order valence-corrected chi connectivity index (χ1v) is 4.30. The first-order chi connectivity index (χ1) is 6.06. The number of halogens is 3. The van der Waals surface area contributed by atoms with Crippen LogP contribution in [0.2, 0.25) is 0 Å². The first kappa shape index (κ1) is 10.3. The van der Waals surface area contributed by atoms with E-state index in [0.29, 0.717) is 3.70 Å². The summed E-state index contributed by atoms with van der Waals surface area (Å²) in [7, 11) is 0. The van der Waals surface area contributed by atoms with Gasteiger partial charge in [-0.25, -0.2) is 8.78 Å². The zero-order chi connectivity index (χ0) is 10.0. The second-order valence-corrected chi connectivity index (χ2v) is 3.39. The van der Waals surface area contributed by atoms with E-state index >= 15 is 0 Å². The quantitative estimate of drug-likeness (QED) is 0.513. The summed E-state index contributed by atoms with van der Waals surface area (Å²) in [5.74, 6) is 0. The lowest BCUT2D eigenvalue weighted by molar-refractivity contribution is 0.110. The van der Waals surface area contributed by atoms with Crippen molar-refractivity contribution in [3.63, 3.8) is 0 Å². The number of alkyl halides is 2. The number of aromatic amines is 1. The van der Waals surface area contributed by atoms with Crippen LogP contribution in [0.1, 0.15) is 22.5 Å². The molecule has 6 heteroatoms. The predicted octanol–water partition coefficient (Wildman–Crippen LogP) is 1.73. The van der Waals surface area contributed by atoms with Crippen LogP contribution in [0.25, 0.3) is 0 Å². The minimum Gasteiger partial charge on any atom is -0.347 e. The van der Waals surface area contributed by atoms with Crippen LogP contribution in [-0.2, 0) is 0 Å². The molecule has 1 heterocycles. The van der Waals surface area contributed by atoms with Gasteiger partial charge in [0.15, 0.2) is 11.7 Å². The van der Waals surface area contributed by atoms with Crippen molar-refractivity contribution in [3.05, 3.63) is 31.2 Å². The molecule has 1 rings (SSSR count). The summed E-state index contributed by atoms with van der Waals surface area (Å²) in [5.41, 5.74) is -1.94. The van der Waals surface area contributed by atoms with Crippen molar-refractivity contribution in [1.29, 1.82) is 0 Å². The van der Waals surface area contributed by atoms with Gasteiger partial charge in [0.2, 0.25) is 0 Å². The molecule has 0 fully saturated rings. The molecule has 0 bridgehead atoms. The van der Waals surface area contributed by atoms with E-state index < -0.39 is 17.4 Å². The largest absolute Gasteiger partial charge is 0.347 e. The summed E-state index contributed by atoms with van der Waals surface area (Å²) in [4.78, 5) is 23.7. The van der Waals surface area contributed by atoms with E-state index in [1.807, 2.05) is 0 Å². The highest BCUT2D eigenvalue weighted by atomic mass is 127. The van der Waals surface area contributed by atoms with Crippen molar-refractivity contribution >= 4 is 28.9 Å². The van der Waals surface area contributed by atoms with Crippen LogP contribution in [0.3, 0.4) is 0 Å². The number of pyridine rings is 1. The van der Waals surface area contributed by atoms with Crippen molar-refractivity contribution in [2.75, 3.05) is 0 Å². The number of hydrogen-bond acceptors (Lipinski definition) is 2. The molecule has 1 N–H and O–H groups in total. The van der Waals surface area contributed by atoms with Crippen LogP contribution >= 0.6 is 22.6 Å². The molecule has 0 atom stereocenters. The van der Waals surface area contributed by atoms with Gasteiger partial charge in [0.25, 0.3) is 6.43 Å². The molecule has 0 aliphatic carbocycles. The lowest BCUT2D eigenvalue weighted by Gasteiger charge is -2.02. The highest BCUT2D eigenvalue weighted by Crippen LogP contribution is 2.17. The van der Waals surface area contributed by atoms with Crippen molar-refractivity contribution in [1.82, 2.24) is 4.98 Å². The Hall–Kier alpha value is -0.790. The maximum Gasteiger partial charge on any atom is 0.269 e. The molecule has 0 aliphatic heterocycles. The van der Waals surface area contributed by atoms with Crippen LogP contribution in [0, 0.1) is 3.70 Å². The summed E-state index contributed by atoms with van der Waals surface area (Å²) < 4.78 is 24.8. The molecule has 0 saturated heterocycles. The van der Waals surface area contributed by atoms with Crippen LogP contribution in [0.5, 0.6) is 0 Å². The lowest BCUT2D eigenvalue weighted by Crippen LogP contribution is -2.14. The van der Waals surface area contributed by atoms with Gasteiger partial charge in [0.1, 0.15) is 0 Å². The second kappa shape index (κ2) is 3.95. The molecule has 70 valence electrons. The summed E-state index contributed by atoms with van der Waals surface area (Å²) in [6, 6.07) is 1.02. The molecule has 13 heavy (non-hydrogen) atoms. The Kier molecular flexibility index (Phi) is 3.12. The fourth-order valence-electron chi connectivity index (χ4n) is 0.876. The van der Waals surface area contributed by atoms with Crippen LogP contribution in [0.4, 0.5) is 8.78 Å². The van der Waals surface area contributed by atoms with Gasteiger partial charge in [-0.05, 0) is 22.6 Å². The van der Waals surface area contributed by atoms with Gasteiger partial charge >= 0.3 is 0 Å². The lowest BCUT2D eigenvalue weighted by atomic mass is 10.2. The Morgan fingerprint density at radius 3 is 2.62 bits per heavy atom. The minimum atomic E-state index is -2.93. The molecular weight excluding hydrogens is 295 g/mol. The van der Waals surface area contributed by atoms with E-state index in [0.717, 1.165) is 6.07 Å². The van der Waals surface area contributed by atoms with Crippen LogP contribution in [0.15, 0.2) is 10.9 Å². The molecule has 0 aromatic carbocycles. The molecule has 0 aliphatic rings. The van der Waals surface area contributed by atoms with Gasteiger partial charge in [0.05, 0.1) is 15.0 Å². The first-order valence-electron chi connectivity index (χ1n) is 3.22. The van der Waals surface area contributed by atoms with Gasteiger partial charge in [0, 0.05) is 6.07 Å². The summed E-state index contributed by atoms with van der Waals surface area (Å²) in [5, 5.41) is 0. The molecule has 0 spiro atoms. The number of rotatable bonds is 2. The molecule has 1 aromatic heterocycles. The number of carbonyl (C=O) groups excluding carboxylic acids is 1. The van der Waals surface area contributed by atoms with E-state index in [4.69, 9.17) is 0 Å². The second-order valence-electron chi connectivity index (χ2n) is 2.23. The van der Waals surface area contributed by atoms with Crippen LogP contribution in [-0.4, -0.2) is 11.3 Å². The molecule has 0 radical (unpaired) electrons. The Morgan fingerprint density at radius 1 is 1.54 bits per heavy atom. The maximum atomic E-state index is 12.2. The average Bonchev–Trinajstić information content (AvgIpc) is 2.01. The fraction of sp³-hybridized carbons (Fsp3) is 0.143. The molecule has 3 nitrogen and oxygen atoms in total. The van der Waals surface area contributed by atoms with Gasteiger partial charge in [-0.15, -0.1) is 0 Å². The summed E-state index contributed by atoms with van der Waals surface area (Å²) in [6.45, 7) is 0. The van der Waals surface area contributed by atoms with E-state index in [-0.39, 0.29) is 12.0 Å². The predicted molar refractivity (Wildman–Crippen MR) is 50.1 cm³/mol. The van der Waals surface area contributed by atoms with Crippen molar-refractivity contribution in [2.24, 2.45) is 0 Å². The highest BCUT2D eigenvalue weighted by molar-refractivity contribution is 14.1. The molecule has 0 amide bonds. The third-order valence-electron chi connectivity index (χ3n) is 1.40. The number of H-pyrrole nitrogens is 1. The van der Waals surface area contributed by atoms with E-state index in [1.165, 1.54) is 0 Å². The highest BCUT2D eigenvalue weighted by Gasteiger charge is 2.17. The van der Waals surface area contributed by atoms with Crippen LogP contribution < -0.4 is 5.43 Å². The Balaban J connectivity index is 3.47. The number of nitrogens with one attached hydrogen (secondary N) is 1. The Bertz CT molecular complexity index is 389. The topological polar surface area (TPSA) is 49.9 Å². The number of carbonyl (C=O) groups is 1. The number of aromatic nitrogens is 1. The zero-order valence-corrected chi connectivity index (χ0v) is 8.34. The van der Waals surface area contributed by atoms with Crippen molar-refractivity contribution in [3.8, 4) is 0 Å². The maximum absolute atomic E-state index is 12.2. The van der Waals surface area contributed by atoms with Gasteiger partial charge in [-0.1, -0.05) is 0 Å². The standard InChI is InChI=1S/C7H4F2INO2/c8-7(9)6-3(2-12)11-5(10)1-4(6)13/h1-2,7H,(H,11,13). The minimum absolute atomic E-state index is 0.213. The monoisotopic (exact) mass is 299 g/mol. The van der Waals surface area contributed by atoms with E-state index in [2.05, 4.69) is 4.98 Å². The molecule has 0 unspecified atom stereocenters. The third kappa shape index (κ3) is 2.11. The fourth-order valence-corrected chi connectivity index (χ4v) is 1.45.